The van der Waals surface area contributed by atoms with Gasteiger partial charge in [0.05, 0.1) is 17.6 Å². The van der Waals surface area contributed by atoms with Gasteiger partial charge in [0.1, 0.15) is 5.75 Å². The smallest absolute Gasteiger partial charge is 0.328 e. The van der Waals surface area contributed by atoms with Crippen LogP contribution in [0.1, 0.15) is 24.8 Å². The molecular formula is C22H24N4O4. The minimum Gasteiger partial charge on any atom is -0.494 e. The number of ether oxygens (including phenoxy) is 1. The molecule has 0 spiro atoms. The van der Waals surface area contributed by atoms with Crippen molar-refractivity contribution in [1.82, 2.24) is 9.13 Å². The first-order valence-electron chi connectivity index (χ1n) is 9.93. The van der Waals surface area contributed by atoms with Crippen LogP contribution < -0.4 is 21.1 Å². The van der Waals surface area contributed by atoms with Crippen molar-refractivity contribution in [3.8, 4) is 5.75 Å². The maximum atomic E-state index is 12.3. The lowest BCUT2D eigenvalue weighted by atomic mass is 10.0. The lowest BCUT2D eigenvalue weighted by Gasteiger charge is -2.17. The van der Waals surface area contributed by atoms with E-state index in [1.807, 2.05) is 24.3 Å². The van der Waals surface area contributed by atoms with Gasteiger partial charge in [0, 0.05) is 38.3 Å². The molecule has 0 radical (unpaired) electrons. The third kappa shape index (κ3) is 3.94. The molecule has 1 aliphatic heterocycles. The first-order chi connectivity index (χ1) is 14.4. The number of benzene rings is 2. The highest BCUT2D eigenvalue weighted by molar-refractivity contribution is 5.94. The second-order valence-electron chi connectivity index (χ2n) is 7.47. The molecule has 0 atom stereocenters. The molecule has 3 aromatic rings. The lowest BCUT2D eigenvalue weighted by molar-refractivity contribution is -0.117. The molecule has 8 heteroatoms. The Balaban J connectivity index is 1.28. The monoisotopic (exact) mass is 408 g/mol. The number of rotatable bonds is 6. The number of hydrogen-bond donors (Lipinski definition) is 2. The highest BCUT2D eigenvalue weighted by Crippen LogP contribution is 2.27. The van der Waals surface area contributed by atoms with E-state index in [9.17, 15) is 14.4 Å². The molecule has 2 heterocycles. The molecule has 0 saturated carbocycles. The summed E-state index contributed by atoms with van der Waals surface area (Å²) < 4.78 is 8.89. The van der Waals surface area contributed by atoms with Crippen molar-refractivity contribution < 1.29 is 14.3 Å². The van der Waals surface area contributed by atoms with Crippen LogP contribution in [0.15, 0.2) is 41.2 Å². The molecule has 2 amide bonds. The number of aryl methyl sites for hydroxylation is 3. The van der Waals surface area contributed by atoms with Crippen molar-refractivity contribution in [3.63, 3.8) is 0 Å². The van der Waals surface area contributed by atoms with Crippen LogP contribution in [-0.4, -0.2) is 27.6 Å². The first-order valence-corrected chi connectivity index (χ1v) is 9.93. The van der Waals surface area contributed by atoms with E-state index in [-0.39, 0.29) is 17.5 Å². The van der Waals surface area contributed by atoms with Crippen LogP contribution in [0.2, 0.25) is 0 Å². The maximum Gasteiger partial charge on any atom is 0.328 e. The van der Waals surface area contributed by atoms with Gasteiger partial charge < -0.3 is 15.4 Å². The molecular weight excluding hydrogens is 384 g/mol. The summed E-state index contributed by atoms with van der Waals surface area (Å²) in [4.78, 5) is 35.7. The lowest BCUT2D eigenvalue weighted by Crippen LogP contribution is -2.19. The van der Waals surface area contributed by atoms with Gasteiger partial charge >= 0.3 is 5.69 Å². The van der Waals surface area contributed by atoms with Gasteiger partial charge in [-0.1, -0.05) is 0 Å². The van der Waals surface area contributed by atoms with Crippen LogP contribution in [0.5, 0.6) is 5.75 Å². The second-order valence-corrected chi connectivity index (χ2v) is 7.47. The van der Waals surface area contributed by atoms with Gasteiger partial charge in [-0.15, -0.1) is 0 Å². The molecule has 0 bridgehead atoms. The molecule has 0 aliphatic carbocycles. The van der Waals surface area contributed by atoms with Gasteiger partial charge in [0.15, 0.2) is 0 Å². The molecule has 2 aromatic carbocycles. The Morgan fingerprint density at radius 3 is 2.70 bits per heavy atom. The highest BCUT2D eigenvalue weighted by atomic mass is 16.5. The van der Waals surface area contributed by atoms with Crippen molar-refractivity contribution in [1.29, 1.82) is 0 Å². The summed E-state index contributed by atoms with van der Waals surface area (Å²) in [7, 11) is 3.43. The normalized spacial score (nSPS) is 13.1. The molecule has 1 aromatic heterocycles. The van der Waals surface area contributed by atoms with Crippen molar-refractivity contribution in [2.24, 2.45) is 14.1 Å². The maximum absolute atomic E-state index is 12.3. The SMILES string of the molecule is Cn1c(=O)n(C)c2cc(NC(=O)CCCOc3ccc4c(c3)CCC(=O)N4)ccc21. The first kappa shape index (κ1) is 19.8. The second kappa shape index (κ2) is 8.06. The van der Waals surface area contributed by atoms with Crippen LogP contribution in [0.4, 0.5) is 11.4 Å². The van der Waals surface area contributed by atoms with E-state index in [4.69, 9.17) is 4.74 Å². The quantitative estimate of drug-likeness (QED) is 0.613. The predicted molar refractivity (Wildman–Crippen MR) is 115 cm³/mol. The minimum absolute atomic E-state index is 0.0378. The molecule has 4 rings (SSSR count). The van der Waals surface area contributed by atoms with Crippen molar-refractivity contribution in [2.45, 2.75) is 25.7 Å². The Bertz CT molecular complexity index is 1190. The molecule has 30 heavy (non-hydrogen) atoms. The summed E-state index contributed by atoms with van der Waals surface area (Å²) in [5.74, 6) is 0.670. The van der Waals surface area contributed by atoms with E-state index < -0.39 is 0 Å². The molecule has 1 aliphatic rings. The Labute approximate surface area is 173 Å². The molecule has 8 nitrogen and oxygen atoms in total. The average Bonchev–Trinajstić information content (AvgIpc) is 2.95. The van der Waals surface area contributed by atoms with Crippen LogP contribution in [0.3, 0.4) is 0 Å². The van der Waals surface area contributed by atoms with E-state index in [1.54, 1.807) is 35.4 Å². The Hall–Kier alpha value is -3.55. The summed E-state index contributed by atoms with van der Waals surface area (Å²) in [6, 6.07) is 11.0. The van der Waals surface area contributed by atoms with Crippen LogP contribution >= 0.6 is 0 Å². The number of nitrogens with one attached hydrogen (secondary N) is 2. The van der Waals surface area contributed by atoms with Gasteiger partial charge in [-0.05, 0) is 54.8 Å². The van der Waals surface area contributed by atoms with Crippen molar-refractivity contribution >= 4 is 34.2 Å². The molecule has 0 saturated heterocycles. The van der Waals surface area contributed by atoms with E-state index in [0.717, 1.165) is 28.0 Å². The molecule has 0 fully saturated rings. The fraction of sp³-hybridized carbons (Fsp3) is 0.318. The van der Waals surface area contributed by atoms with E-state index in [1.165, 1.54) is 0 Å². The van der Waals surface area contributed by atoms with Gasteiger partial charge in [0.25, 0.3) is 0 Å². The Morgan fingerprint density at radius 2 is 1.87 bits per heavy atom. The number of hydrogen-bond acceptors (Lipinski definition) is 4. The highest BCUT2D eigenvalue weighted by Gasteiger charge is 2.15. The zero-order valence-corrected chi connectivity index (χ0v) is 17.0. The standard InChI is InChI=1S/C22H24N4O4/c1-25-18-9-6-15(13-19(18)26(2)22(25)29)23-20(27)4-3-11-30-16-7-8-17-14(12-16)5-10-21(28)24-17/h6-9,12-13H,3-5,10-11H2,1-2H3,(H,23,27)(H,24,28). The minimum atomic E-state index is -0.105. The van der Waals surface area contributed by atoms with Gasteiger partial charge in [-0.3, -0.25) is 18.7 Å². The zero-order valence-electron chi connectivity index (χ0n) is 17.0. The van der Waals surface area contributed by atoms with Crippen molar-refractivity contribution in [3.05, 3.63) is 52.4 Å². The molecule has 0 unspecified atom stereocenters. The summed E-state index contributed by atoms with van der Waals surface area (Å²) in [5, 5.41) is 5.72. The van der Waals surface area contributed by atoms with Crippen molar-refractivity contribution in [2.75, 3.05) is 17.2 Å². The summed E-state index contributed by atoms with van der Waals surface area (Å²) in [5.41, 5.74) is 4.05. The number of aromatic nitrogens is 2. The third-order valence-electron chi connectivity index (χ3n) is 5.34. The number of anilines is 2. The van der Waals surface area contributed by atoms with Crippen LogP contribution in [-0.2, 0) is 30.1 Å². The van der Waals surface area contributed by atoms with Gasteiger partial charge in [0.2, 0.25) is 11.8 Å². The number of carbonyl (C=O) groups is 2. The third-order valence-corrected chi connectivity index (χ3v) is 5.34. The fourth-order valence-electron chi connectivity index (χ4n) is 3.68. The summed E-state index contributed by atoms with van der Waals surface area (Å²) in [6.45, 7) is 0.421. The number of amides is 2. The number of nitrogens with zero attached hydrogens (tertiary/aromatic N) is 2. The number of fused-ring (bicyclic) bond motifs is 2. The molecule has 156 valence electrons. The summed E-state index contributed by atoms with van der Waals surface area (Å²) >= 11 is 0. The Kier molecular flexibility index (Phi) is 5.31. The van der Waals surface area contributed by atoms with E-state index in [2.05, 4.69) is 10.6 Å². The van der Waals surface area contributed by atoms with Crippen LogP contribution in [0, 0.1) is 0 Å². The fourth-order valence-corrected chi connectivity index (χ4v) is 3.68. The predicted octanol–water partition coefficient (Wildman–Crippen LogP) is 2.56. The van der Waals surface area contributed by atoms with E-state index >= 15 is 0 Å². The topological polar surface area (TPSA) is 94.4 Å². The largest absolute Gasteiger partial charge is 0.494 e. The Morgan fingerprint density at radius 1 is 1.07 bits per heavy atom. The van der Waals surface area contributed by atoms with Gasteiger partial charge in [-0.25, -0.2) is 4.79 Å². The number of carbonyl (C=O) groups excluding carboxylic acids is 2. The zero-order chi connectivity index (χ0) is 21.3. The van der Waals surface area contributed by atoms with E-state index in [0.29, 0.717) is 38.0 Å². The van der Waals surface area contributed by atoms with Crippen LogP contribution in [0.25, 0.3) is 11.0 Å². The summed E-state index contributed by atoms with van der Waals surface area (Å²) in [6.07, 6.45) is 2.09. The number of imidazole rings is 1. The average molecular weight is 408 g/mol. The molecule has 2 N–H and O–H groups in total. The van der Waals surface area contributed by atoms with Gasteiger partial charge in [-0.2, -0.15) is 0 Å².